The van der Waals surface area contributed by atoms with E-state index in [9.17, 15) is 17.2 Å². The number of sulfonamides is 1. The zero-order chi connectivity index (χ0) is 20.1. The lowest BCUT2D eigenvalue weighted by atomic mass is 10.1. The zero-order valence-electron chi connectivity index (χ0n) is 15.0. The van der Waals surface area contributed by atoms with Crippen LogP contribution in [0.2, 0.25) is 0 Å². The summed E-state index contributed by atoms with van der Waals surface area (Å²) >= 11 is 0. The Morgan fingerprint density at radius 2 is 1.82 bits per heavy atom. The molecule has 7 nitrogen and oxygen atoms in total. The van der Waals surface area contributed by atoms with E-state index in [2.05, 4.69) is 9.46 Å². The van der Waals surface area contributed by atoms with Gasteiger partial charge in [0, 0.05) is 12.6 Å². The molecular formula is C18H19F2NO6S. The summed E-state index contributed by atoms with van der Waals surface area (Å²) in [6.07, 6.45) is 0.328. The Hall–Kier alpha value is -2.59. The van der Waals surface area contributed by atoms with Crippen LogP contribution in [0, 0.1) is 0 Å². The molecule has 1 heterocycles. The van der Waals surface area contributed by atoms with Crippen molar-refractivity contribution in [2.24, 2.45) is 0 Å². The van der Waals surface area contributed by atoms with Gasteiger partial charge >= 0.3 is 6.61 Å². The summed E-state index contributed by atoms with van der Waals surface area (Å²) in [5.74, 6) is 0.947. The van der Waals surface area contributed by atoms with Crippen molar-refractivity contribution < 1.29 is 36.1 Å². The molecule has 0 aliphatic carbocycles. The molecule has 1 N–H and O–H groups in total. The topological polar surface area (TPSA) is 83.1 Å². The molecule has 0 atom stereocenters. The maximum Gasteiger partial charge on any atom is 0.387 e. The summed E-state index contributed by atoms with van der Waals surface area (Å²) < 4.78 is 72.3. The third-order valence-corrected chi connectivity index (χ3v) is 5.43. The molecule has 0 spiro atoms. The van der Waals surface area contributed by atoms with Gasteiger partial charge in [-0.2, -0.15) is 8.78 Å². The van der Waals surface area contributed by atoms with Crippen LogP contribution in [0.3, 0.4) is 0 Å². The van der Waals surface area contributed by atoms with Crippen molar-refractivity contribution in [2.75, 3.05) is 26.9 Å². The second-order valence-corrected chi connectivity index (χ2v) is 7.58. The van der Waals surface area contributed by atoms with Gasteiger partial charge in [-0.25, -0.2) is 13.1 Å². The van der Waals surface area contributed by atoms with Crippen molar-refractivity contribution in [3.8, 4) is 23.0 Å². The fourth-order valence-electron chi connectivity index (χ4n) is 2.66. The fourth-order valence-corrected chi connectivity index (χ4v) is 3.71. The average molecular weight is 415 g/mol. The highest BCUT2D eigenvalue weighted by Gasteiger charge is 2.19. The number of hydrogen-bond acceptors (Lipinski definition) is 6. The number of halogens is 2. The number of methoxy groups -OCH3 is 1. The molecule has 10 heteroatoms. The van der Waals surface area contributed by atoms with Gasteiger partial charge in [-0.05, 0) is 36.2 Å². The van der Waals surface area contributed by atoms with Crippen molar-refractivity contribution >= 4 is 10.0 Å². The van der Waals surface area contributed by atoms with E-state index in [0.29, 0.717) is 36.7 Å². The number of benzene rings is 2. The van der Waals surface area contributed by atoms with E-state index >= 15 is 0 Å². The van der Waals surface area contributed by atoms with Crippen LogP contribution >= 0.6 is 0 Å². The second kappa shape index (κ2) is 8.61. The van der Waals surface area contributed by atoms with E-state index < -0.39 is 16.6 Å². The normalized spacial score (nSPS) is 13.4. The van der Waals surface area contributed by atoms with Crippen LogP contribution in [0.25, 0.3) is 0 Å². The Morgan fingerprint density at radius 1 is 1.07 bits per heavy atom. The minimum absolute atomic E-state index is 0.0648. The van der Waals surface area contributed by atoms with Crippen LogP contribution in [0.15, 0.2) is 41.3 Å². The maximum absolute atomic E-state index is 12.5. The molecule has 0 amide bonds. The predicted molar refractivity (Wildman–Crippen MR) is 96.0 cm³/mol. The molecule has 1 aliphatic rings. The quantitative estimate of drug-likeness (QED) is 0.714. The van der Waals surface area contributed by atoms with E-state index in [0.717, 1.165) is 0 Å². The molecule has 152 valence electrons. The molecular weight excluding hydrogens is 396 g/mol. The van der Waals surface area contributed by atoms with E-state index in [4.69, 9.17) is 14.2 Å². The van der Waals surface area contributed by atoms with Gasteiger partial charge < -0.3 is 18.9 Å². The monoisotopic (exact) mass is 415 g/mol. The third-order valence-electron chi connectivity index (χ3n) is 3.97. The number of fused-ring (bicyclic) bond motifs is 1. The van der Waals surface area contributed by atoms with Crippen molar-refractivity contribution in [3.05, 3.63) is 42.0 Å². The Kier molecular flexibility index (Phi) is 6.20. The summed E-state index contributed by atoms with van der Waals surface area (Å²) in [6.45, 7) is -2.08. The van der Waals surface area contributed by atoms with Gasteiger partial charge in [-0.3, -0.25) is 0 Å². The SMILES string of the molecule is COc1cc(CCNS(=O)(=O)c2ccc3c(c2)OCCO3)ccc1OC(F)F. The highest BCUT2D eigenvalue weighted by atomic mass is 32.2. The molecule has 2 aromatic carbocycles. The van der Waals surface area contributed by atoms with Crippen LogP contribution in [0.1, 0.15) is 5.56 Å². The van der Waals surface area contributed by atoms with Crippen molar-refractivity contribution in [1.29, 1.82) is 0 Å². The number of hydrogen-bond donors (Lipinski definition) is 1. The highest BCUT2D eigenvalue weighted by Crippen LogP contribution is 2.32. The van der Waals surface area contributed by atoms with Crippen molar-refractivity contribution in [2.45, 2.75) is 17.9 Å². The first-order valence-corrected chi connectivity index (χ1v) is 9.88. The molecule has 0 aromatic heterocycles. The molecule has 0 radical (unpaired) electrons. The molecule has 3 rings (SSSR count). The number of ether oxygens (including phenoxy) is 4. The van der Waals surface area contributed by atoms with Gasteiger partial charge in [0.05, 0.1) is 12.0 Å². The Balaban J connectivity index is 1.64. The standard InChI is InChI=1S/C18H19F2NO6S/c1-24-16-10-12(2-4-15(16)27-18(19)20)6-7-21-28(22,23)13-3-5-14-17(11-13)26-9-8-25-14/h2-5,10-11,18,21H,6-9H2,1H3. The summed E-state index contributed by atoms with van der Waals surface area (Å²) in [6, 6.07) is 8.85. The Morgan fingerprint density at radius 3 is 2.54 bits per heavy atom. The molecule has 2 aromatic rings. The van der Waals surface area contributed by atoms with Crippen LogP contribution in [-0.4, -0.2) is 41.9 Å². The van der Waals surface area contributed by atoms with Crippen molar-refractivity contribution in [1.82, 2.24) is 4.72 Å². The van der Waals surface area contributed by atoms with Crippen LogP contribution in [-0.2, 0) is 16.4 Å². The molecule has 1 aliphatic heterocycles. The average Bonchev–Trinajstić information content (AvgIpc) is 2.68. The number of alkyl halides is 2. The minimum atomic E-state index is -3.74. The molecule has 0 saturated carbocycles. The molecule has 0 saturated heterocycles. The van der Waals surface area contributed by atoms with Crippen LogP contribution in [0.5, 0.6) is 23.0 Å². The van der Waals surface area contributed by atoms with Gasteiger partial charge in [0.15, 0.2) is 23.0 Å². The molecule has 0 unspecified atom stereocenters. The lowest BCUT2D eigenvalue weighted by molar-refractivity contribution is -0.0512. The van der Waals surface area contributed by atoms with Crippen LogP contribution in [0.4, 0.5) is 8.78 Å². The highest BCUT2D eigenvalue weighted by molar-refractivity contribution is 7.89. The number of rotatable bonds is 8. The number of nitrogens with one attached hydrogen (secondary N) is 1. The molecule has 0 fully saturated rings. The first-order chi connectivity index (χ1) is 13.4. The lowest BCUT2D eigenvalue weighted by Crippen LogP contribution is -2.26. The predicted octanol–water partition coefficient (Wildman–Crippen LogP) is 2.59. The second-order valence-electron chi connectivity index (χ2n) is 5.82. The van der Waals surface area contributed by atoms with Crippen molar-refractivity contribution in [3.63, 3.8) is 0 Å². The largest absolute Gasteiger partial charge is 0.493 e. The van der Waals surface area contributed by atoms with Gasteiger partial charge in [0.1, 0.15) is 13.2 Å². The maximum atomic E-state index is 12.5. The Labute approximate surface area is 161 Å². The first kappa shape index (κ1) is 20.2. The molecule has 28 heavy (non-hydrogen) atoms. The third kappa shape index (κ3) is 4.82. The molecule has 0 bridgehead atoms. The van der Waals surface area contributed by atoms with Gasteiger partial charge in [-0.1, -0.05) is 6.07 Å². The summed E-state index contributed by atoms with van der Waals surface area (Å²) in [5.41, 5.74) is 0.698. The summed E-state index contributed by atoms with van der Waals surface area (Å²) in [5, 5.41) is 0. The summed E-state index contributed by atoms with van der Waals surface area (Å²) in [7, 11) is -2.41. The van der Waals surface area contributed by atoms with E-state index in [1.807, 2.05) is 0 Å². The minimum Gasteiger partial charge on any atom is -0.493 e. The van der Waals surface area contributed by atoms with E-state index in [1.165, 1.54) is 31.4 Å². The first-order valence-electron chi connectivity index (χ1n) is 8.40. The van der Waals surface area contributed by atoms with Gasteiger partial charge in [-0.15, -0.1) is 0 Å². The lowest BCUT2D eigenvalue weighted by Gasteiger charge is -2.19. The zero-order valence-corrected chi connectivity index (χ0v) is 15.8. The van der Waals surface area contributed by atoms with Gasteiger partial charge in [0.2, 0.25) is 10.0 Å². The van der Waals surface area contributed by atoms with Crippen LogP contribution < -0.4 is 23.7 Å². The summed E-state index contributed by atoms with van der Waals surface area (Å²) in [4.78, 5) is 0.0648. The van der Waals surface area contributed by atoms with E-state index in [-0.39, 0.29) is 22.9 Å². The fraction of sp³-hybridized carbons (Fsp3) is 0.333. The van der Waals surface area contributed by atoms with E-state index in [1.54, 1.807) is 12.1 Å². The Bertz CT molecular complexity index is 936. The van der Waals surface area contributed by atoms with Gasteiger partial charge in [0.25, 0.3) is 0 Å². The smallest absolute Gasteiger partial charge is 0.387 e.